The Balaban J connectivity index is 0.00000300. The standard InChI is InChI=1S/C54H70Si.2CH3.Hf/c1-49(2,3)39-25-37(26-40(31-39)50(4,5)6)45-23-19-21-35-29-43(33-47(35)45)55(53(13,14)15,54(16,17)18)44-30-36-22-20-24-46(48(36)34-44)38-27-41(51(7,8)9)32-42(28-38)52(10,11)12;;;/h19-34H,1-18H3;2*1H3;/q-2;2*-1;+4. The average molecular weight is 956 g/mol. The van der Waals surface area contributed by atoms with Gasteiger partial charge in [0, 0.05) is 0 Å². The maximum Gasteiger partial charge on any atom is 4.00 e. The Bertz CT molecular complexity index is 2130. The summed E-state index contributed by atoms with van der Waals surface area (Å²) in [4.78, 5) is 0. The Morgan fingerprint density at radius 1 is 0.379 bits per heavy atom. The second-order valence-corrected chi connectivity index (χ2v) is 28.6. The summed E-state index contributed by atoms with van der Waals surface area (Å²) in [6.07, 6.45) is 0. The summed E-state index contributed by atoms with van der Waals surface area (Å²) in [7, 11) is -2.53. The smallest absolute Gasteiger partial charge is 0.358 e. The van der Waals surface area contributed by atoms with Gasteiger partial charge in [-0.2, -0.15) is 12.1 Å². The Morgan fingerprint density at radius 3 is 0.897 bits per heavy atom. The van der Waals surface area contributed by atoms with E-state index >= 15 is 0 Å². The van der Waals surface area contributed by atoms with Crippen molar-refractivity contribution in [1.82, 2.24) is 0 Å². The summed E-state index contributed by atoms with van der Waals surface area (Å²) in [5, 5.41) is 8.61. The van der Waals surface area contributed by atoms with Crippen LogP contribution in [0.3, 0.4) is 0 Å². The Morgan fingerprint density at radius 2 is 0.655 bits per heavy atom. The molecule has 6 aromatic carbocycles. The van der Waals surface area contributed by atoms with Crippen molar-refractivity contribution in [1.29, 1.82) is 0 Å². The first-order valence-electron chi connectivity index (χ1n) is 20.8. The van der Waals surface area contributed by atoms with Crippen LogP contribution in [0.1, 0.15) is 147 Å². The number of fused-ring (bicyclic) bond motifs is 2. The van der Waals surface area contributed by atoms with E-state index < -0.39 is 8.07 Å². The molecule has 58 heavy (non-hydrogen) atoms. The molecule has 0 bridgehead atoms. The van der Waals surface area contributed by atoms with E-state index in [9.17, 15) is 0 Å². The van der Waals surface area contributed by atoms with Crippen molar-refractivity contribution in [3.8, 4) is 22.3 Å². The summed E-state index contributed by atoms with van der Waals surface area (Å²) in [5.41, 5.74) is 11.2. The van der Waals surface area contributed by atoms with Crippen LogP contribution in [0.25, 0.3) is 43.8 Å². The van der Waals surface area contributed by atoms with Gasteiger partial charge in [0.2, 0.25) is 0 Å². The predicted octanol–water partition coefficient (Wildman–Crippen LogP) is 16.0. The topological polar surface area (TPSA) is 0 Å². The molecule has 0 aliphatic carbocycles. The van der Waals surface area contributed by atoms with Gasteiger partial charge in [0.1, 0.15) is 0 Å². The average Bonchev–Trinajstić information content (AvgIpc) is 3.66. The van der Waals surface area contributed by atoms with Crippen LogP contribution in [0.5, 0.6) is 0 Å². The maximum absolute atomic E-state index is 2.62. The van der Waals surface area contributed by atoms with Gasteiger partial charge in [-0.15, -0.1) is 68.3 Å². The zero-order chi connectivity index (χ0) is 40.9. The van der Waals surface area contributed by atoms with Crippen molar-refractivity contribution in [3.63, 3.8) is 0 Å². The minimum Gasteiger partial charge on any atom is -0.358 e. The van der Waals surface area contributed by atoms with Gasteiger partial charge in [-0.25, -0.2) is 0 Å². The van der Waals surface area contributed by atoms with Gasteiger partial charge >= 0.3 is 25.8 Å². The third-order valence-corrected chi connectivity index (χ3v) is 19.4. The molecule has 6 aromatic rings. The van der Waals surface area contributed by atoms with Crippen LogP contribution in [-0.4, -0.2) is 8.07 Å². The molecule has 0 atom stereocenters. The van der Waals surface area contributed by atoms with Crippen molar-refractivity contribution < 1.29 is 25.8 Å². The van der Waals surface area contributed by atoms with Gasteiger partial charge in [-0.3, -0.25) is 0 Å². The van der Waals surface area contributed by atoms with Crippen LogP contribution < -0.4 is 10.4 Å². The van der Waals surface area contributed by atoms with E-state index in [4.69, 9.17) is 0 Å². The summed E-state index contributed by atoms with van der Waals surface area (Å²) in [6.45, 7) is 43.2. The molecule has 0 heterocycles. The van der Waals surface area contributed by atoms with E-state index in [-0.39, 0.29) is 72.4 Å². The van der Waals surface area contributed by atoms with Gasteiger partial charge in [0.05, 0.1) is 8.07 Å². The van der Waals surface area contributed by atoms with Gasteiger partial charge in [0.25, 0.3) is 0 Å². The number of hydrogen-bond acceptors (Lipinski definition) is 0. The molecule has 0 fully saturated rings. The van der Waals surface area contributed by atoms with E-state index in [1.54, 1.807) is 10.4 Å². The molecule has 0 aliphatic rings. The Kier molecular flexibility index (Phi) is 13.9. The number of hydrogen-bond donors (Lipinski definition) is 0. The molecule has 0 saturated heterocycles. The minimum atomic E-state index is -2.53. The summed E-state index contributed by atoms with van der Waals surface area (Å²) in [6, 6.07) is 39.1. The quantitative estimate of drug-likeness (QED) is 0.122. The molecule has 0 radical (unpaired) electrons. The van der Waals surface area contributed by atoms with Gasteiger partial charge < -0.3 is 14.9 Å². The third kappa shape index (κ3) is 8.95. The van der Waals surface area contributed by atoms with E-state index in [1.165, 1.54) is 66.1 Å². The Labute approximate surface area is 376 Å². The molecule has 0 amide bonds. The fourth-order valence-corrected chi connectivity index (χ4v) is 17.2. The molecule has 6 rings (SSSR count). The van der Waals surface area contributed by atoms with E-state index in [0.717, 1.165) is 0 Å². The van der Waals surface area contributed by atoms with Gasteiger partial charge in [-0.1, -0.05) is 184 Å². The Hall–Kier alpha value is -2.81. The summed E-state index contributed by atoms with van der Waals surface area (Å²) >= 11 is 0. The normalized spacial score (nSPS) is 13.3. The van der Waals surface area contributed by atoms with Crippen LogP contribution >= 0.6 is 0 Å². The number of benzene rings is 4. The minimum absolute atomic E-state index is 0. The number of rotatable bonds is 4. The molecule has 2 heteroatoms. The first kappa shape index (κ1) is 49.5. The van der Waals surface area contributed by atoms with Gasteiger partial charge in [-0.05, 0) is 65.1 Å². The van der Waals surface area contributed by atoms with Crippen molar-refractivity contribution in [2.24, 2.45) is 0 Å². The predicted molar refractivity (Wildman–Crippen MR) is 262 cm³/mol. The molecule has 0 N–H and O–H groups in total. The molecule has 0 nitrogen and oxygen atoms in total. The molecular formula is C56H76HfSi. The molecule has 0 aliphatic heterocycles. The van der Waals surface area contributed by atoms with Crippen LogP contribution in [-0.2, 0) is 47.5 Å². The molecule has 0 aromatic heterocycles. The van der Waals surface area contributed by atoms with Crippen LogP contribution in [0.4, 0.5) is 0 Å². The monoisotopic (exact) mass is 957 g/mol. The molecule has 0 spiro atoms. The van der Waals surface area contributed by atoms with Crippen molar-refractivity contribution in [2.45, 2.75) is 156 Å². The maximum atomic E-state index is 2.62. The molecule has 0 unspecified atom stereocenters. The summed E-state index contributed by atoms with van der Waals surface area (Å²) < 4.78 is 0. The molecular weight excluding hydrogens is 879 g/mol. The van der Waals surface area contributed by atoms with Crippen LogP contribution in [0.2, 0.25) is 10.1 Å². The van der Waals surface area contributed by atoms with E-state index in [1.807, 2.05) is 0 Å². The van der Waals surface area contributed by atoms with Crippen LogP contribution in [0, 0.1) is 14.9 Å². The van der Waals surface area contributed by atoms with Crippen molar-refractivity contribution in [3.05, 3.63) is 134 Å². The van der Waals surface area contributed by atoms with E-state index in [0.29, 0.717) is 0 Å². The largest absolute Gasteiger partial charge is 4.00 e. The first-order chi connectivity index (χ1) is 25.0. The first-order valence-corrected chi connectivity index (χ1v) is 22.8. The zero-order valence-corrected chi connectivity index (χ0v) is 44.8. The second kappa shape index (κ2) is 16.2. The SMILES string of the molecule is CC(C)(C)c1cc(-c2cccc3[cH-]c([Si](c4cc5c(-c6cc(C(C)(C)C)cc(C(C)(C)C)c6)cccc5[cH-]4)(C(C)(C)C)C(C)(C)C)cc23)cc(C(C)(C)C)c1.[CH3-].[CH3-].[Hf+4]. The second-order valence-electron chi connectivity index (χ2n) is 23.0. The van der Waals surface area contributed by atoms with E-state index in [2.05, 4.69) is 222 Å². The fourth-order valence-electron chi connectivity index (χ4n) is 9.73. The van der Waals surface area contributed by atoms with Crippen molar-refractivity contribution in [2.75, 3.05) is 0 Å². The molecule has 308 valence electrons. The molecule has 0 saturated carbocycles. The van der Waals surface area contributed by atoms with Crippen molar-refractivity contribution >= 4 is 40.0 Å². The zero-order valence-electron chi connectivity index (χ0n) is 40.2. The van der Waals surface area contributed by atoms with Crippen LogP contribution in [0.15, 0.2) is 97.1 Å². The fraction of sp³-hybridized carbons (Fsp3) is 0.429. The summed E-state index contributed by atoms with van der Waals surface area (Å²) in [5.74, 6) is 0. The third-order valence-electron chi connectivity index (χ3n) is 12.6. The van der Waals surface area contributed by atoms with Gasteiger partial charge in [0.15, 0.2) is 0 Å².